The zero-order valence-electron chi connectivity index (χ0n) is 21.4. The maximum absolute atomic E-state index is 13.5. The van der Waals surface area contributed by atoms with E-state index in [1.54, 1.807) is 4.90 Å². The van der Waals surface area contributed by atoms with Crippen molar-refractivity contribution in [1.29, 1.82) is 0 Å². The van der Waals surface area contributed by atoms with Gasteiger partial charge in [-0.1, -0.05) is 85.9 Å². The van der Waals surface area contributed by atoms with E-state index in [4.69, 9.17) is 22.1 Å². The Bertz CT molecular complexity index is 1450. The maximum Gasteiger partial charge on any atom is 0.266 e. The number of rotatable bonds is 9. The van der Waals surface area contributed by atoms with E-state index >= 15 is 0 Å². The minimum atomic E-state index is -0.152. The van der Waals surface area contributed by atoms with Gasteiger partial charge in [0, 0.05) is 17.3 Å². The summed E-state index contributed by atoms with van der Waals surface area (Å²) in [5.41, 5.74) is 4.57. The fourth-order valence-corrected chi connectivity index (χ4v) is 5.72. The highest BCUT2D eigenvalue weighted by molar-refractivity contribution is 8.26. The molecule has 0 unspecified atom stereocenters. The molecule has 1 aromatic heterocycles. The predicted octanol–water partition coefficient (Wildman–Crippen LogP) is 7.68. The number of thiocarbonyl (C=S) groups is 1. The molecule has 5 nitrogen and oxygen atoms in total. The average Bonchev–Trinajstić information content (AvgIpc) is 3.50. The second-order valence-corrected chi connectivity index (χ2v) is 10.8. The third-order valence-corrected chi connectivity index (χ3v) is 7.77. The van der Waals surface area contributed by atoms with Crippen LogP contribution in [0, 0.1) is 0 Å². The molecule has 4 aromatic rings. The number of thioether (sulfide) groups is 1. The van der Waals surface area contributed by atoms with Crippen molar-refractivity contribution < 1.29 is 9.53 Å². The van der Waals surface area contributed by atoms with Crippen LogP contribution in [-0.4, -0.2) is 31.5 Å². The number of nitrogens with zero attached hydrogens (tertiary/aromatic N) is 3. The van der Waals surface area contributed by atoms with Gasteiger partial charge in [0.25, 0.3) is 5.91 Å². The number of unbranched alkanes of at least 4 members (excludes halogenated alkanes) is 1. The monoisotopic (exact) mass is 539 g/mol. The Labute approximate surface area is 233 Å². The van der Waals surface area contributed by atoms with Crippen LogP contribution in [0.3, 0.4) is 0 Å². The largest absolute Gasteiger partial charge is 0.494 e. The molecule has 0 saturated carbocycles. The lowest BCUT2D eigenvalue weighted by atomic mass is 10.1. The van der Waals surface area contributed by atoms with E-state index in [1.165, 1.54) is 11.8 Å². The van der Waals surface area contributed by atoms with Crippen molar-refractivity contribution in [2.75, 3.05) is 6.61 Å². The lowest BCUT2D eigenvalue weighted by molar-refractivity contribution is -0.123. The molecule has 0 bridgehead atoms. The van der Waals surface area contributed by atoms with Crippen molar-refractivity contribution in [3.8, 4) is 22.7 Å². The van der Waals surface area contributed by atoms with Gasteiger partial charge in [-0.2, -0.15) is 5.10 Å². The van der Waals surface area contributed by atoms with Crippen LogP contribution in [0.1, 0.15) is 43.9 Å². The number of hydrogen-bond donors (Lipinski definition) is 0. The van der Waals surface area contributed by atoms with Gasteiger partial charge >= 0.3 is 0 Å². The number of amides is 1. The standard InChI is InChI=1S/C31H29N3O2S2/c1-3-4-19-36-27-17-15-24(16-18-27)29-25(21-33(32-29)26-13-9-6-10-14-26)20-28-30(35)34(31(37)38-28)22(2)23-11-7-5-8-12-23/h5-18,20-22H,3-4,19H2,1-2H3/b28-20-/t22-/m0/s1. The predicted molar refractivity (Wildman–Crippen MR) is 159 cm³/mol. The molecule has 192 valence electrons. The third kappa shape index (κ3) is 5.59. The van der Waals surface area contributed by atoms with Crippen molar-refractivity contribution >= 4 is 40.3 Å². The number of para-hydroxylation sites is 1. The molecule has 38 heavy (non-hydrogen) atoms. The Kier molecular flexibility index (Phi) is 8.05. The Hall–Kier alpha value is -3.68. The smallest absolute Gasteiger partial charge is 0.266 e. The normalized spacial score (nSPS) is 15.3. The van der Waals surface area contributed by atoms with E-state index in [1.807, 2.05) is 109 Å². The first-order valence-corrected chi connectivity index (χ1v) is 14.0. The van der Waals surface area contributed by atoms with Gasteiger partial charge in [0.2, 0.25) is 0 Å². The zero-order valence-corrected chi connectivity index (χ0v) is 23.0. The Morgan fingerprint density at radius 1 is 1.00 bits per heavy atom. The molecular weight excluding hydrogens is 510 g/mol. The Morgan fingerprint density at radius 3 is 2.37 bits per heavy atom. The molecule has 0 radical (unpaired) electrons. The third-order valence-electron chi connectivity index (χ3n) is 6.44. The summed E-state index contributed by atoms with van der Waals surface area (Å²) >= 11 is 6.98. The molecule has 0 N–H and O–H groups in total. The van der Waals surface area contributed by atoms with Gasteiger partial charge in [-0.3, -0.25) is 9.69 Å². The Balaban J connectivity index is 1.49. The zero-order chi connectivity index (χ0) is 26.5. The summed E-state index contributed by atoms with van der Waals surface area (Å²) in [6, 6.07) is 27.7. The molecule has 2 heterocycles. The number of aromatic nitrogens is 2. The van der Waals surface area contributed by atoms with Crippen LogP contribution in [-0.2, 0) is 4.79 Å². The SMILES string of the molecule is CCCCOc1ccc(-c2nn(-c3ccccc3)cc2/C=C2\SC(=S)N([C@@H](C)c3ccccc3)C2=O)cc1. The van der Waals surface area contributed by atoms with E-state index in [0.29, 0.717) is 15.8 Å². The van der Waals surface area contributed by atoms with Crippen LogP contribution in [0.4, 0.5) is 0 Å². The highest BCUT2D eigenvalue weighted by Crippen LogP contribution is 2.39. The van der Waals surface area contributed by atoms with Crippen LogP contribution >= 0.6 is 24.0 Å². The van der Waals surface area contributed by atoms with Crippen molar-refractivity contribution in [3.05, 3.63) is 107 Å². The molecule has 7 heteroatoms. The molecule has 1 amide bonds. The molecular formula is C31H29N3O2S2. The van der Waals surface area contributed by atoms with E-state index in [0.717, 1.165) is 46.7 Å². The van der Waals surface area contributed by atoms with Crippen LogP contribution < -0.4 is 4.74 Å². The second-order valence-electron chi connectivity index (χ2n) is 9.08. The molecule has 1 atom stereocenters. The molecule has 5 rings (SSSR count). The molecule has 3 aromatic carbocycles. The van der Waals surface area contributed by atoms with Crippen LogP contribution in [0.15, 0.2) is 96.0 Å². The number of ether oxygens (including phenoxy) is 1. The van der Waals surface area contributed by atoms with Crippen molar-refractivity contribution in [2.45, 2.75) is 32.7 Å². The fraction of sp³-hybridized carbons (Fsp3) is 0.194. The first-order chi connectivity index (χ1) is 18.5. The molecule has 0 aliphatic carbocycles. The number of carbonyl (C=O) groups excluding carboxylic acids is 1. The second kappa shape index (κ2) is 11.8. The van der Waals surface area contributed by atoms with Gasteiger partial charge in [-0.15, -0.1) is 0 Å². The van der Waals surface area contributed by atoms with Gasteiger partial charge in [-0.05, 0) is 61.4 Å². The van der Waals surface area contributed by atoms with Gasteiger partial charge in [0.15, 0.2) is 0 Å². The van der Waals surface area contributed by atoms with Crippen molar-refractivity contribution in [3.63, 3.8) is 0 Å². The average molecular weight is 540 g/mol. The van der Waals surface area contributed by atoms with Crippen LogP contribution in [0.5, 0.6) is 5.75 Å². The summed E-state index contributed by atoms with van der Waals surface area (Å²) in [5.74, 6) is 0.747. The highest BCUT2D eigenvalue weighted by atomic mass is 32.2. The summed E-state index contributed by atoms with van der Waals surface area (Å²) in [6.07, 6.45) is 5.98. The summed E-state index contributed by atoms with van der Waals surface area (Å²) < 4.78 is 8.25. The Morgan fingerprint density at radius 2 is 1.68 bits per heavy atom. The van der Waals surface area contributed by atoms with Crippen LogP contribution in [0.2, 0.25) is 0 Å². The lowest BCUT2D eigenvalue weighted by Crippen LogP contribution is -2.30. The van der Waals surface area contributed by atoms with Crippen molar-refractivity contribution in [2.24, 2.45) is 0 Å². The fourth-order valence-electron chi connectivity index (χ4n) is 4.31. The van der Waals surface area contributed by atoms with E-state index in [-0.39, 0.29) is 11.9 Å². The minimum Gasteiger partial charge on any atom is -0.494 e. The first kappa shape index (κ1) is 25.9. The molecule has 0 spiro atoms. The summed E-state index contributed by atoms with van der Waals surface area (Å²) in [5, 5.41) is 4.91. The quantitative estimate of drug-likeness (QED) is 0.124. The highest BCUT2D eigenvalue weighted by Gasteiger charge is 2.36. The molecule has 1 aliphatic rings. The van der Waals surface area contributed by atoms with Crippen LogP contribution in [0.25, 0.3) is 23.0 Å². The van der Waals surface area contributed by atoms with Gasteiger partial charge < -0.3 is 4.74 Å². The van der Waals surface area contributed by atoms with Gasteiger partial charge in [-0.25, -0.2) is 4.68 Å². The van der Waals surface area contributed by atoms with Crippen molar-refractivity contribution in [1.82, 2.24) is 14.7 Å². The molecule has 1 fully saturated rings. The summed E-state index contributed by atoms with van der Waals surface area (Å²) in [7, 11) is 0. The number of hydrogen-bond acceptors (Lipinski definition) is 5. The first-order valence-electron chi connectivity index (χ1n) is 12.8. The van der Waals surface area contributed by atoms with Gasteiger partial charge in [0.1, 0.15) is 10.1 Å². The summed E-state index contributed by atoms with van der Waals surface area (Å²) in [4.78, 5) is 15.8. The van der Waals surface area contributed by atoms with E-state index < -0.39 is 0 Å². The molecule has 1 saturated heterocycles. The molecule has 1 aliphatic heterocycles. The van der Waals surface area contributed by atoms with E-state index in [2.05, 4.69) is 6.92 Å². The minimum absolute atomic E-state index is 0.0885. The van der Waals surface area contributed by atoms with E-state index in [9.17, 15) is 4.79 Å². The number of benzene rings is 3. The lowest BCUT2D eigenvalue weighted by Gasteiger charge is -2.23. The maximum atomic E-state index is 13.5. The summed E-state index contributed by atoms with van der Waals surface area (Å²) in [6.45, 7) is 4.85. The topological polar surface area (TPSA) is 47.4 Å². The number of carbonyl (C=O) groups is 1. The van der Waals surface area contributed by atoms with Gasteiger partial charge in [0.05, 0.1) is 28.9 Å².